The van der Waals surface area contributed by atoms with Crippen molar-refractivity contribution in [2.24, 2.45) is 0 Å². The highest BCUT2D eigenvalue weighted by Gasteiger charge is 2.32. The van der Waals surface area contributed by atoms with Crippen molar-refractivity contribution >= 4 is 21.6 Å². The van der Waals surface area contributed by atoms with Gasteiger partial charge >= 0.3 is 0 Å². The first kappa shape index (κ1) is 21.7. The molecule has 4 rings (SSSR count). The summed E-state index contributed by atoms with van der Waals surface area (Å²) in [5.41, 5.74) is 0.244. The van der Waals surface area contributed by atoms with Gasteiger partial charge in [0, 0.05) is 19.0 Å². The van der Waals surface area contributed by atoms with Crippen LogP contribution in [0.25, 0.3) is 11.5 Å². The first-order valence-electron chi connectivity index (χ1n) is 9.91. The third-order valence-electron chi connectivity index (χ3n) is 5.19. The molecule has 10 heteroatoms. The molecule has 0 unspecified atom stereocenters. The normalized spacial score (nSPS) is 15.8. The van der Waals surface area contributed by atoms with Crippen molar-refractivity contribution in [3.63, 3.8) is 0 Å². The van der Waals surface area contributed by atoms with E-state index < -0.39 is 15.8 Å². The molecule has 1 fully saturated rings. The molecule has 1 aromatic heterocycles. The van der Waals surface area contributed by atoms with Gasteiger partial charge in [0.15, 0.2) is 0 Å². The molecule has 1 aliphatic heterocycles. The monoisotopic (exact) mass is 465 g/mol. The topological polar surface area (TPSA) is 85.5 Å². The SMILES string of the molecule is CCOc1ccc(S(=O)(=O)N2CCC(c3nnc(-c4ccccc4F)o3)CC2)cc1Cl. The van der Waals surface area contributed by atoms with Crippen LogP contribution in [0.5, 0.6) is 5.75 Å². The maximum atomic E-state index is 13.9. The Labute approximate surface area is 184 Å². The Kier molecular flexibility index (Phi) is 6.27. The number of halogens is 2. The van der Waals surface area contributed by atoms with E-state index in [2.05, 4.69) is 10.2 Å². The lowest BCUT2D eigenvalue weighted by Crippen LogP contribution is -2.38. The number of rotatable bonds is 6. The Bertz CT molecular complexity index is 1180. The molecule has 1 saturated heterocycles. The Morgan fingerprint density at radius 1 is 1.19 bits per heavy atom. The zero-order valence-electron chi connectivity index (χ0n) is 16.8. The van der Waals surface area contributed by atoms with E-state index >= 15 is 0 Å². The smallest absolute Gasteiger partial charge is 0.250 e. The maximum Gasteiger partial charge on any atom is 0.250 e. The summed E-state index contributed by atoms with van der Waals surface area (Å²) in [6.07, 6.45) is 1.03. The quantitative estimate of drug-likeness (QED) is 0.533. The number of piperidine rings is 1. The molecule has 0 N–H and O–H groups in total. The standard InChI is InChI=1S/C21H21ClFN3O4S/c1-2-29-19-8-7-15(13-17(19)22)31(27,28)26-11-9-14(10-12-26)20-24-25-21(30-20)16-5-3-4-6-18(16)23/h3-8,13-14H,2,9-12H2,1H3. The predicted molar refractivity (Wildman–Crippen MR) is 113 cm³/mol. The molecule has 0 spiro atoms. The summed E-state index contributed by atoms with van der Waals surface area (Å²) in [4.78, 5) is 0.124. The molecule has 0 aliphatic carbocycles. The lowest BCUT2D eigenvalue weighted by molar-refractivity contribution is 0.291. The highest BCUT2D eigenvalue weighted by atomic mass is 35.5. The van der Waals surface area contributed by atoms with Crippen LogP contribution in [0.15, 0.2) is 51.8 Å². The fourth-order valence-corrected chi connectivity index (χ4v) is 5.35. The van der Waals surface area contributed by atoms with Gasteiger partial charge < -0.3 is 9.15 Å². The van der Waals surface area contributed by atoms with Crippen LogP contribution in [0.4, 0.5) is 4.39 Å². The molecule has 0 radical (unpaired) electrons. The van der Waals surface area contributed by atoms with Gasteiger partial charge in [-0.25, -0.2) is 12.8 Å². The molecular weight excluding hydrogens is 445 g/mol. The van der Waals surface area contributed by atoms with Crippen molar-refractivity contribution in [1.82, 2.24) is 14.5 Å². The van der Waals surface area contributed by atoms with Crippen molar-refractivity contribution in [1.29, 1.82) is 0 Å². The van der Waals surface area contributed by atoms with Crippen molar-refractivity contribution in [3.8, 4) is 17.2 Å². The van der Waals surface area contributed by atoms with Crippen LogP contribution in [0, 0.1) is 5.82 Å². The highest BCUT2D eigenvalue weighted by Crippen LogP contribution is 2.33. The van der Waals surface area contributed by atoms with E-state index in [1.165, 1.54) is 22.5 Å². The van der Waals surface area contributed by atoms with E-state index in [1.54, 1.807) is 24.3 Å². The molecule has 2 heterocycles. The second kappa shape index (κ2) is 8.94. The Morgan fingerprint density at radius 3 is 2.61 bits per heavy atom. The van der Waals surface area contributed by atoms with Crippen LogP contribution in [0.1, 0.15) is 31.6 Å². The minimum Gasteiger partial charge on any atom is -0.492 e. The van der Waals surface area contributed by atoms with Gasteiger partial charge in [0.1, 0.15) is 11.6 Å². The lowest BCUT2D eigenvalue weighted by Gasteiger charge is -2.29. The van der Waals surface area contributed by atoms with E-state index in [4.69, 9.17) is 20.8 Å². The van der Waals surface area contributed by atoms with Gasteiger partial charge in [-0.1, -0.05) is 23.7 Å². The second-order valence-electron chi connectivity index (χ2n) is 7.13. The average molecular weight is 466 g/mol. The molecule has 7 nitrogen and oxygen atoms in total. The van der Waals surface area contributed by atoms with Crippen LogP contribution >= 0.6 is 11.6 Å². The second-order valence-corrected chi connectivity index (χ2v) is 9.47. The average Bonchev–Trinajstić information content (AvgIpc) is 3.25. The van der Waals surface area contributed by atoms with Crippen molar-refractivity contribution in [2.45, 2.75) is 30.6 Å². The highest BCUT2D eigenvalue weighted by molar-refractivity contribution is 7.89. The molecule has 0 saturated carbocycles. The molecule has 0 bridgehead atoms. The number of hydrogen-bond donors (Lipinski definition) is 0. The number of hydrogen-bond acceptors (Lipinski definition) is 6. The maximum absolute atomic E-state index is 13.9. The third kappa shape index (κ3) is 4.44. The van der Waals surface area contributed by atoms with Gasteiger partial charge in [-0.3, -0.25) is 0 Å². The number of benzene rings is 2. The largest absolute Gasteiger partial charge is 0.492 e. The Balaban J connectivity index is 1.45. The number of nitrogens with zero attached hydrogens (tertiary/aromatic N) is 3. The summed E-state index contributed by atoms with van der Waals surface area (Å²) in [5, 5.41) is 8.27. The van der Waals surface area contributed by atoms with Gasteiger partial charge in [0.2, 0.25) is 15.9 Å². The molecular formula is C21H21ClFN3O4S. The van der Waals surface area contributed by atoms with Gasteiger partial charge in [-0.2, -0.15) is 4.31 Å². The number of ether oxygens (including phenoxy) is 1. The van der Waals surface area contributed by atoms with Crippen LogP contribution in [-0.2, 0) is 10.0 Å². The number of aromatic nitrogens is 2. The van der Waals surface area contributed by atoms with E-state index in [1.807, 2.05) is 6.92 Å². The zero-order valence-corrected chi connectivity index (χ0v) is 18.4. The molecule has 0 atom stereocenters. The van der Waals surface area contributed by atoms with Crippen molar-refractivity contribution in [3.05, 3.63) is 59.2 Å². The summed E-state index contributed by atoms with van der Waals surface area (Å²) in [7, 11) is -3.69. The molecule has 164 valence electrons. The molecule has 1 aliphatic rings. The third-order valence-corrected chi connectivity index (χ3v) is 7.38. The van der Waals surface area contributed by atoms with Crippen LogP contribution in [0.3, 0.4) is 0 Å². The van der Waals surface area contributed by atoms with Crippen molar-refractivity contribution in [2.75, 3.05) is 19.7 Å². The molecule has 2 aromatic carbocycles. The number of sulfonamides is 1. The van der Waals surface area contributed by atoms with Gasteiger partial charge in [-0.15, -0.1) is 10.2 Å². The Morgan fingerprint density at radius 2 is 1.94 bits per heavy atom. The van der Waals surface area contributed by atoms with E-state index in [9.17, 15) is 12.8 Å². The Hall–Kier alpha value is -2.49. The van der Waals surface area contributed by atoms with Gasteiger partial charge in [-0.05, 0) is 50.1 Å². The lowest BCUT2D eigenvalue weighted by atomic mass is 9.98. The molecule has 3 aromatic rings. The summed E-state index contributed by atoms with van der Waals surface area (Å²) in [6.45, 7) is 2.87. The fraction of sp³-hybridized carbons (Fsp3) is 0.333. The van der Waals surface area contributed by atoms with E-state index in [0.29, 0.717) is 44.2 Å². The summed E-state index contributed by atoms with van der Waals surface area (Å²) in [6, 6.07) is 10.7. The van der Waals surface area contributed by atoms with Crippen molar-refractivity contribution < 1.29 is 22.0 Å². The predicted octanol–water partition coefficient (Wildman–Crippen LogP) is 4.50. The van der Waals surface area contributed by atoms with E-state index in [0.717, 1.165) is 0 Å². The minimum atomic E-state index is -3.69. The van der Waals surface area contributed by atoms with Crippen LogP contribution in [0.2, 0.25) is 5.02 Å². The zero-order chi connectivity index (χ0) is 22.0. The van der Waals surface area contributed by atoms with E-state index in [-0.39, 0.29) is 27.3 Å². The first-order chi connectivity index (χ1) is 14.9. The van der Waals surface area contributed by atoms with Gasteiger partial charge in [0.25, 0.3) is 5.89 Å². The molecule has 0 amide bonds. The summed E-state index contributed by atoms with van der Waals surface area (Å²) >= 11 is 6.16. The van der Waals surface area contributed by atoms with Crippen LogP contribution < -0.4 is 4.74 Å². The fourth-order valence-electron chi connectivity index (χ4n) is 3.55. The summed E-state index contributed by atoms with van der Waals surface area (Å²) < 4.78 is 52.4. The molecule has 31 heavy (non-hydrogen) atoms. The minimum absolute atomic E-state index is 0.0941. The summed E-state index contributed by atoms with van der Waals surface area (Å²) in [5.74, 6) is 0.423. The van der Waals surface area contributed by atoms with Gasteiger partial charge in [0.05, 0.1) is 22.1 Å². The van der Waals surface area contributed by atoms with Crippen LogP contribution in [-0.4, -0.2) is 42.6 Å². The first-order valence-corrected chi connectivity index (χ1v) is 11.7.